The number of fused-ring (bicyclic) bond motifs is 2. The second kappa shape index (κ2) is 7.51. The first-order valence-corrected chi connectivity index (χ1v) is 11.8. The lowest BCUT2D eigenvalue weighted by Gasteiger charge is -2.37. The molecule has 2 saturated heterocycles. The molecule has 2 nitrogen and oxygen atoms in total. The van der Waals surface area contributed by atoms with Crippen molar-refractivity contribution in [2.24, 2.45) is 0 Å². The lowest BCUT2D eigenvalue weighted by atomic mass is 9.86. The quantitative estimate of drug-likeness (QED) is 0.537. The van der Waals surface area contributed by atoms with Crippen molar-refractivity contribution in [3.8, 4) is 5.75 Å². The van der Waals surface area contributed by atoms with E-state index in [4.69, 9.17) is 0 Å². The van der Waals surface area contributed by atoms with Gasteiger partial charge >= 0.3 is 0 Å². The molecule has 1 N–H and O–H groups in total. The van der Waals surface area contributed by atoms with Crippen molar-refractivity contribution >= 4 is 28.2 Å². The number of rotatable bonds is 4. The summed E-state index contributed by atoms with van der Waals surface area (Å²) in [7, 11) is 0. The first kappa shape index (κ1) is 18.2. The maximum Gasteiger partial charge on any atom is 0.115 e. The molecule has 0 saturated carbocycles. The molecule has 0 aliphatic carbocycles. The predicted octanol–water partition coefficient (Wildman–Crippen LogP) is 6.45. The van der Waals surface area contributed by atoms with Crippen molar-refractivity contribution in [1.82, 2.24) is 4.90 Å². The smallest absolute Gasteiger partial charge is 0.115 e. The second-order valence-electron chi connectivity index (χ2n) is 8.02. The summed E-state index contributed by atoms with van der Waals surface area (Å²) in [6, 6.07) is 15.9. The summed E-state index contributed by atoms with van der Waals surface area (Å²) in [6.07, 6.45) is 4.94. The van der Waals surface area contributed by atoms with Crippen LogP contribution in [0.3, 0.4) is 0 Å². The Bertz CT molecular complexity index is 968. The van der Waals surface area contributed by atoms with Gasteiger partial charge < -0.3 is 5.11 Å². The molecular formula is C24H25NOS2. The van der Waals surface area contributed by atoms with Crippen molar-refractivity contribution in [1.29, 1.82) is 0 Å². The van der Waals surface area contributed by atoms with Gasteiger partial charge in [0.2, 0.25) is 0 Å². The lowest BCUT2D eigenvalue weighted by Crippen LogP contribution is -2.39. The van der Waals surface area contributed by atoms with Crippen LogP contribution in [-0.2, 0) is 6.54 Å². The van der Waals surface area contributed by atoms with Crippen molar-refractivity contribution in [3.05, 3.63) is 79.7 Å². The van der Waals surface area contributed by atoms with E-state index >= 15 is 0 Å². The number of phenolic OH excluding ortho intramolecular Hbond substituents is 1. The van der Waals surface area contributed by atoms with E-state index in [0.29, 0.717) is 17.8 Å². The average Bonchev–Trinajstić information content (AvgIpc) is 3.39. The van der Waals surface area contributed by atoms with Crippen molar-refractivity contribution in [2.75, 3.05) is 0 Å². The highest BCUT2D eigenvalue weighted by atomic mass is 32.1. The fourth-order valence-corrected chi connectivity index (χ4v) is 6.47. The first-order chi connectivity index (χ1) is 13.7. The van der Waals surface area contributed by atoms with E-state index in [1.54, 1.807) is 16.9 Å². The van der Waals surface area contributed by atoms with Gasteiger partial charge in [-0.05, 0) is 90.4 Å². The number of aryl methyl sites for hydroxylation is 1. The van der Waals surface area contributed by atoms with Crippen LogP contribution in [0.5, 0.6) is 5.75 Å². The fraction of sp³-hybridized carbons (Fsp3) is 0.333. The van der Waals surface area contributed by atoms with Crippen molar-refractivity contribution < 1.29 is 5.11 Å². The third-order valence-electron chi connectivity index (χ3n) is 6.19. The first-order valence-electron chi connectivity index (χ1n) is 10.0. The summed E-state index contributed by atoms with van der Waals surface area (Å²) in [5.74, 6) is 0.333. The number of benzene rings is 1. The van der Waals surface area contributed by atoms with Crippen LogP contribution >= 0.6 is 22.7 Å². The van der Waals surface area contributed by atoms with Gasteiger partial charge in [0.05, 0.1) is 0 Å². The summed E-state index contributed by atoms with van der Waals surface area (Å²) in [6.45, 7) is 3.30. The highest BCUT2D eigenvalue weighted by Gasteiger charge is 2.39. The molecule has 2 fully saturated rings. The summed E-state index contributed by atoms with van der Waals surface area (Å²) in [5, 5.41) is 14.2. The van der Waals surface area contributed by atoms with Crippen molar-refractivity contribution in [2.45, 2.75) is 51.2 Å². The number of thiophene rings is 2. The maximum absolute atomic E-state index is 9.73. The molecule has 2 unspecified atom stereocenters. The fourth-order valence-electron chi connectivity index (χ4n) is 4.93. The largest absolute Gasteiger partial charge is 0.508 e. The van der Waals surface area contributed by atoms with Crippen LogP contribution in [0.4, 0.5) is 0 Å². The van der Waals surface area contributed by atoms with Crippen LogP contribution in [0.25, 0.3) is 5.57 Å². The Labute approximate surface area is 174 Å². The molecule has 28 heavy (non-hydrogen) atoms. The zero-order valence-corrected chi connectivity index (χ0v) is 17.7. The van der Waals surface area contributed by atoms with Gasteiger partial charge in [-0.1, -0.05) is 17.7 Å². The van der Waals surface area contributed by atoms with Gasteiger partial charge in [0.1, 0.15) is 5.75 Å². The third-order valence-corrected chi connectivity index (χ3v) is 7.86. The number of piperidine rings is 1. The minimum absolute atomic E-state index is 0.333. The van der Waals surface area contributed by atoms with Gasteiger partial charge in [-0.2, -0.15) is 11.3 Å². The minimum Gasteiger partial charge on any atom is -0.508 e. The van der Waals surface area contributed by atoms with Crippen LogP contribution in [0, 0.1) is 6.92 Å². The highest BCUT2D eigenvalue weighted by Crippen LogP contribution is 2.44. The highest BCUT2D eigenvalue weighted by molar-refractivity contribution is 7.11. The Kier molecular flexibility index (Phi) is 4.87. The van der Waals surface area contributed by atoms with Crippen molar-refractivity contribution in [3.63, 3.8) is 0 Å². The van der Waals surface area contributed by atoms with Gasteiger partial charge in [-0.15, -0.1) is 11.3 Å². The number of hydrogen-bond donors (Lipinski definition) is 1. The number of phenols is 1. The minimum atomic E-state index is 0.333. The number of aromatic hydroxyl groups is 1. The van der Waals surface area contributed by atoms with E-state index < -0.39 is 0 Å². The topological polar surface area (TPSA) is 23.5 Å². The Hall–Kier alpha value is -1.88. The SMILES string of the molecule is Cc1ccc(CN2C3CCC2CC(=C(c2ccc(O)cc2)c2ccsc2)C3)s1. The van der Waals surface area contributed by atoms with Gasteiger partial charge in [-0.3, -0.25) is 4.90 Å². The van der Waals surface area contributed by atoms with Gasteiger partial charge in [-0.25, -0.2) is 0 Å². The summed E-state index contributed by atoms with van der Waals surface area (Å²) in [4.78, 5) is 5.67. The molecule has 0 spiro atoms. The zero-order valence-electron chi connectivity index (χ0n) is 16.1. The molecular weight excluding hydrogens is 382 g/mol. The summed E-state index contributed by atoms with van der Waals surface area (Å²) >= 11 is 3.70. The lowest BCUT2D eigenvalue weighted by molar-refractivity contribution is 0.159. The molecule has 2 aliphatic rings. The van der Waals surface area contributed by atoms with Gasteiger partial charge in [0, 0.05) is 28.4 Å². The molecule has 2 aromatic heterocycles. The van der Waals surface area contributed by atoms with Crippen LogP contribution < -0.4 is 0 Å². The normalized spacial score (nSPS) is 22.0. The Morgan fingerprint density at radius 1 is 1.00 bits per heavy atom. The molecule has 2 atom stereocenters. The zero-order chi connectivity index (χ0) is 19.1. The van der Waals surface area contributed by atoms with Crippen LogP contribution in [0.15, 0.2) is 58.8 Å². The predicted molar refractivity (Wildman–Crippen MR) is 119 cm³/mol. The molecule has 3 aromatic rings. The number of nitrogens with zero attached hydrogens (tertiary/aromatic N) is 1. The summed E-state index contributed by atoms with van der Waals surface area (Å²) in [5.41, 5.74) is 5.54. The Balaban J connectivity index is 1.48. The Morgan fingerprint density at radius 2 is 1.75 bits per heavy atom. The van der Waals surface area contributed by atoms with E-state index in [9.17, 15) is 5.11 Å². The van der Waals surface area contributed by atoms with Crippen LogP contribution in [-0.4, -0.2) is 22.1 Å². The molecule has 4 heteroatoms. The third kappa shape index (κ3) is 3.45. The standard InChI is InChI=1S/C24H25NOS2/c1-16-2-9-23(28-16)14-25-20-5-6-21(25)13-19(12-20)24(18-10-11-27-15-18)17-3-7-22(26)8-4-17/h2-4,7-11,15,20-21,26H,5-6,12-14H2,1H3. The molecule has 0 radical (unpaired) electrons. The second-order valence-corrected chi connectivity index (χ2v) is 10.2. The number of hydrogen-bond acceptors (Lipinski definition) is 4. The van der Waals surface area contributed by atoms with E-state index in [1.165, 1.54) is 39.3 Å². The maximum atomic E-state index is 9.73. The molecule has 5 rings (SSSR count). The molecule has 2 bridgehead atoms. The molecule has 144 valence electrons. The van der Waals surface area contributed by atoms with E-state index in [1.807, 2.05) is 23.5 Å². The van der Waals surface area contributed by atoms with E-state index in [2.05, 4.69) is 52.9 Å². The van der Waals surface area contributed by atoms with Crippen LogP contribution in [0.2, 0.25) is 0 Å². The Morgan fingerprint density at radius 3 is 2.36 bits per heavy atom. The summed E-state index contributed by atoms with van der Waals surface area (Å²) < 4.78 is 0. The van der Waals surface area contributed by atoms with Crippen LogP contribution in [0.1, 0.15) is 46.6 Å². The van der Waals surface area contributed by atoms with Gasteiger partial charge in [0.25, 0.3) is 0 Å². The van der Waals surface area contributed by atoms with E-state index in [0.717, 1.165) is 19.4 Å². The van der Waals surface area contributed by atoms with Gasteiger partial charge in [0.15, 0.2) is 0 Å². The molecule has 0 amide bonds. The molecule has 2 aliphatic heterocycles. The monoisotopic (exact) mass is 407 g/mol. The molecule has 1 aromatic carbocycles. The average molecular weight is 408 g/mol. The molecule has 4 heterocycles. The van der Waals surface area contributed by atoms with E-state index in [-0.39, 0.29) is 0 Å².